The van der Waals surface area contributed by atoms with Crippen molar-refractivity contribution in [1.82, 2.24) is 0 Å². The molecule has 0 saturated carbocycles. The first kappa shape index (κ1) is 93.1. The Kier molecular flexibility index (Phi) is 66.5. The number of rotatable bonds is 75. The molecular weight excluding hydrogens is 1250 g/mol. The van der Waals surface area contributed by atoms with Gasteiger partial charge in [-0.1, -0.05) is 343 Å². The van der Waals surface area contributed by atoms with Gasteiger partial charge in [-0.2, -0.15) is 0 Å². The Balaban J connectivity index is 5.22. The Morgan fingerprint density at radius 1 is 0.305 bits per heavy atom. The fourth-order valence-electron chi connectivity index (χ4n) is 11.6. The highest BCUT2D eigenvalue weighted by Gasteiger charge is 2.30. The molecule has 0 aromatic heterocycles. The zero-order chi connectivity index (χ0) is 70.0. The smallest absolute Gasteiger partial charge is 0.462 e. The highest BCUT2D eigenvalue weighted by atomic mass is 31.2. The van der Waals surface area contributed by atoms with Crippen molar-refractivity contribution in [2.75, 3.05) is 39.6 Å². The quantitative estimate of drug-likeness (QED) is 0.0222. The van der Waals surface area contributed by atoms with Crippen LogP contribution in [-0.2, 0) is 65.4 Å². The number of phosphoric acid groups is 2. The second kappa shape index (κ2) is 67.9. The van der Waals surface area contributed by atoms with E-state index in [0.717, 1.165) is 102 Å². The van der Waals surface area contributed by atoms with Crippen molar-refractivity contribution in [2.45, 2.75) is 413 Å². The molecule has 0 aliphatic rings. The van der Waals surface area contributed by atoms with Crippen molar-refractivity contribution in [1.29, 1.82) is 0 Å². The van der Waals surface area contributed by atoms with E-state index in [-0.39, 0.29) is 25.7 Å². The molecule has 0 spiro atoms. The van der Waals surface area contributed by atoms with E-state index in [2.05, 4.69) is 41.5 Å². The Bertz CT molecular complexity index is 1840. The number of ether oxygens (including phenoxy) is 4. The van der Waals surface area contributed by atoms with Gasteiger partial charge < -0.3 is 33.8 Å². The van der Waals surface area contributed by atoms with Gasteiger partial charge in [0.05, 0.1) is 26.4 Å². The molecule has 95 heavy (non-hydrogen) atoms. The molecule has 0 radical (unpaired) electrons. The van der Waals surface area contributed by atoms with Gasteiger partial charge in [0.25, 0.3) is 0 Å². The summed E-state index contributed by atoms with van der Waals surface area (Å²) in [6, 6.07) is 0. The fourth-order valence-corrected chi connectivity index (χ4v) is 13.2. The van der Waals surface area contributed by atoms with Gasteiger partial charge in [0.1, 0.15) is 19.3 Å². The van der Waals surface area contributed by atoms with Crippen LogP contribution in [0.15, 0.2) is 0 Å². The number of carbonyl (C=O) groups is 4. The lowest BCUT2D eigenvalue weighted by molar-refractivity contribution is -0.161. The van der Waals surface area contributed by atoms with Crippen molar-refractivity contribution in [3.05, 3.63) is 0 Å². The molecule has 17 nitrogen and oxygen atoms in total. The van der Waals surface area contributed by atoms with E-state index in [1.165, 1.54) is 205 Å². The molecule has 19 heteroatoms. The van der Waals surface area contributed by atoms with E-state index in [9.17, 15) is 43.2 Å². The number of hydrogen-bond donors (Lipinski definition) is 3. The lowest BCUT2D eigenvalue weighted by Crippen LogP contribution is -2.30. The zero-order valence-corrected chi connectivity index (χ0v) is 63.8. The number of aliphatic hydroxyl groups is 1. The first-order chi connectivity index (χ1) is 45.9. The third kappa shape index (κ3) is 69.0. The number of esters is 4. The SMILES string of the molecule is CCCCCCCCCCCCCCCCCCCCCC(=O)O[C@H](COC(=O)CCCCCCCCCCCCCCCCC)COP(=O)(O)OC[C@@H](O)COP(=O)(O)OC[C@@H](COC(=O)CCCCCCCCC(C)C)OC(=O)CCCCCCCCCCC(C)CC. The minimum absolute atomic E-state index is 0.104. The van der Waals surface area contributed by atoms with E-state index in [4.69, 9.17) is 37.0 Å². The van der Waals surface area contributed by atoms with Crippen molar-refractivity contribution < 1.29 is 80.2 Å². The first-order valence-corrected chi connectivity index (χ1v) is 42.5. The van der Waals surface area contributed by atoms with Crippen LogP contribution in [0, 0.1) is 11.8 Å². The van der Waals surface area contributed by atoms with Crippen LogP contribution < -0.4 is 0 Å². The molecule has 0 aliphatic heterocycles. The molecule has 0 aromatic carbocycles. The number of hydrogen-bond acceptors (Lipinski definition) is 15. The summed E-state index contributed by atoms with van der Waals surface area (Å²) in [4.78, 5) is 72.8. The molecule has 0 aromatic rings. The zero-order valence-electron chi connectivity index (χ0n) is 62.0. The van der Waals surface area contributed by atoms with Crippen molar-refractivity contribution in [2.24, 2.45) is 11.8 Å². The summed E-state index contributed by atoms with van der Waals surface area (Å²) in [5.41, 5.74) is 0. The molecule has 0 rings (SSSR count). The van der Waals surface area contributed by atoms with Crippen molar-refractivity contribution in [3.8, 4) is 0 Å². The lowest BCUT2D eigenvalue weighted by Gasteiger charge is -2.21. The van der Waals surface area contributed by atoms with Gasteiger partial charge in [-0.25, -0.2) is 9.13 Å². The van der Waals surface area contributed by atoms with Gasteiger partial charge in [-0.05, 0) is 37.5 Å². The summed E-state index contributed by atoms with van der Waals surface area (Å²) in [6.07, 6.45) is 55.7. The van der Waals surface area contributed by atoms with Crippen LogP contribution in [0.1, 0.15) is 395 Å². The van der Waals surface area contributed by atoms with E-state index < -0.39 is 97.5 Å². The van der Waals surface area contributed by atoms with E-state index >= 15 is 0 Å². The Morgan fingerprint density at radius 3 is 0.800 bits per heavy atom. The minimum Gasteiger partial charge on any atom is -0.462 e. The highest BCUT2D eigenvalue weighted by Crippen LogP contribution is 2.45. The predicted octanol–water partition coefficient (Wildman–Crippen LogP) is 22.3. The van der Waals surface area contributed by atoms with E-state index in [1.807, 2.05) is 0 Å². The summed E-state index contributed by atoms with van der Waals surface area (Å²) in [7, 11) is -9.91. The molecule has 3 N–H and O–H groups in total. The molecular formula is C76H148O17P2. The van der Waals surface area contributed by atoms with Gasteiger partial charge in [0.15, 0.2) is 12.2 Å². The lowest BCUT2D eigenvalue weighted by atomic mass is 9.99. The monoisotopic (exact) mass is 1400 g/mol. The summed E-state index contributed by atoms with van der Waals surface area (Å²) >= 11 is 0. The number of phosphoric ester groups is 2. The predicted molar refractivity (Wildman–Crippen MR) is 386 cm³/mol. The highest BCUT2D eigenvalue weighted by molar-refractivity contribution is 7.47. The van der Waals surface area contributed by atoms with E-state index in [1.54, 1.807) is 0 Å². The molecule has 0 aliphatic carbocycles. The summed E-state index contributed by atoms with van der Waals surface area (Å²) < 4.78 is 68.5. The molecule has 0 heterocycles. The largest absolute Gasteiger partial charge is 0.472 e. The molecule has 0 saturated heterocycles. The second-order valence-corrected chi connectivity index (χ2v) is 31.0. The third-order valence-electron chi connectivity index (χ3n) is 18.1. The molecule has 3 unspecified atom stereocenters. The maximum atomic E-state index is 13.1. The normalized spacial score (nSPS) is 14.3. The van der Waals surface area contributed by atoms with Crippen LogP contribution in [0.5, 0.6) is 0 Å². The number of unbranched alkanes of at least 4 members (excludes halogenated alkanes) is 44. The van der Waals surface area contributed by atoms with Gasteiger partial charge >= 0.3 is 39.5 Å². The first-order valence-electron chi connectivity index (χ1n) is 39.5. The summed E-state index contributed by atoms with van der Waals surface area (Å²) in [5.74, 6) is -0.670. The average Bonchev–Trinajstić information content (AvgIpc) is 1.46. The summed E-state index contributed by atoms with van der Waals surface area (Å²) in [5, 5.41) is 10.6. The average molecular weight is 1400 g/mol. The van der Waals surface area contributed by atoms with Gasteiger partial charge in [-0.3, -0.25) is 37.3 Å². The van der Waals surface area contributed by atoms with Gasteiger partial charge in [-0.15, -0.1) is 0 Å². The second-order valence-electron chi connectivity index (χ2n) is 28.1. The minimum atomic E-state index is -4.96. The van der Waals surface area contributed by atoms with Crippen molar-refractivity contribution in [3.63, 3.8) is 0 Å². The molecule has 564 valence electrons. The van der Waals surface area contributed by atoms with Crippen LogP contribution >= 0.6 is 15.6 Å². The molecule has 0 fully saturated rings. The molecule has 6 atom stereocenters. The topological polar surface area (TPSA) is 237 Å². The summed E-state index contributed by atoms with van der Waals surface area (Å²) in [6.45, 7) is 9.51. The fraction of sp³-hybridized carbons (Fsp3) is 0.947. The van der Waals surface area contributed by atoms with Gasteiger partial charge in [0.2, 0.25) is 0 Å². The third-order valence-corrected chi connectivity index (χ3v) is 20.0. The van der Waals surface area contributed by atoms with Crippen LogP contribution in [0.25, 0.3) is 0 Å². The molecule has 0 bridgehead atoms. The Morgan fingerprint density at radius 2 is 0.537 bits per heavy atom. The van der Waals surface area contributed by atoms with Crippen LogP contribution in [0.4, 0.5) is 0 Å². The van der Waals surface area contributed by atoms with Crippen LogP contribution in [0.2, 0.25) is 0 Å². The standard InChI is InChI=1S/C76H148O17P2/c1-7-10-12-14-16-18-20-22-24-25-26-27-29-31-33-35-40-48-54-60-75(80)92-71(64-86-73(78)58-52-46-39-34-32-30-28-23-21-19-17-15-13-11-8-2)66-90-94(82,83)88-62-70(77)63-89-95(84,85)91-67-72(65-87-74(79)59-53-47-43-42-44-50-56-68(4)5)93-76(81)61-55-49-41-37-36-38-45-51-57-69(6)9-3/h68-72,77H,7-67H2,1-6H3,(H,82,83)(H,84,85)/t69?,70-,71-,72-/m1/s1. The maximum absolute atomic E-state index is 13.1. The van der Waals surface area contributed by atoms with Crippen LogP contribution in [0.3, 0.4) is 0 Å². The molecule has 0 amide bonds. The van der Waals surface area contributed by atoms with Crippen LogP contribution in [-0.4, -0.2) is 96.7 Å². The Hall–Kier alpha value is -1.94. The van der Waals surface area contributed by atoms with Gasteiger partial charge in [0, 0.05) is 25.7 Å². The number of aliphatic hydroxyl groups excluding tert-OH is 1. The maximum Gasteiger partial charge on any atom is 0.472 e. The van der Waals surface area contributed by atoms with Crippen molar-refractivity contribution >= 4 is 39.5 Å². The Labute approximate surface area is 581 Å². The number of carbonyl (C=O) groups excluding carboxylic acids is 4. The van der Waals surface area contributed by atoms with E-state index in [0.29, 0.717) is 31.6 Å².